The topological polar surface area (TPSA) is 128 Å². The minimum absolute atomic E-state index is 0.243. The highest BCUT2D eigenvalue weighted by Gasteiger charge is 2.16. The summed E-state index contributed by atoms with van der Waals surface area (Å²) in [7, 11) is 0. The molecule has 0 spiro atoms. The lowest BCUT2D eigenvalue weighted by Gasteiger charge is -2.09. The third-order valence-corrected chi connectivity index (χ3v) is 5.04. The average Bonchev–Trinajstić information content (AvgIpc) is 3.31. The number of anilines is 1. The Labute approximate surface area is 201 Å². The van der Waals surface area contributed by atoms with E-state index in [1.165, 1.54) is 0 Å². The summed E-state index contributed by atoms with van der Waals surface area (Å²) in [5.74, 6) is -0.698. The van der Waals surface area contributed by atoms with E-state index < -0.39 is 24.5 Å². The Bertz CT molecular complexity index is 1320. The van der Waals surface area contributed by atoms with Gasteiger partial charge in [0.1, 0.15) is 5.82 Å². The number of aromatic nitrogens is 2. The summed E-state index contributed by atoms with van der Waals surface area (Å²) in [4.78, 5) is 35.7. The van der Waals surface area contributed by atoms with Crippen LogP contribution in [-0.4, -0.2) is 34.3 Å². The molecule has 4 aromatic rings. The van der Waals surface area contributed by atoms with Crippen LogP contribution in [0.3, 0.4) is 0 Å². The quantitative estimate of drug-likeness (QED) is 0.340. The van der Waals surface area contributed by atoms with Gasteiger partial charge >= 0.3 is 12.0 Å². The maximum atomic E-state index is 12.6. The minimum atomic E-state index is -0.642. The van der Waals surface area contributed by atoms with Crippen LogP contribution in [0.25, 0.3) is 16.9 Å². The number of para-hydroxylation sites is 1. The number of carbonyl (C=O) groups excluding carboxylic acids is 3. The third kappa shape index (κ3) is 6.11. The van der Waals surface area contributed by atoms with Crippen LogP contribution >= 0.6 is 0 Å². The highest BCUT2D eigenvalue weighted by molar-refractivity contribution is 5.95. The zero-order valence-electron chi connectivity index (χ0n) is 18.7. The number of ether oxygens (including phenoxy) is 1. The van der Waals surface area contributed by atoms with Gasteiger partial charge in [0.05, 0.1) is 16.9 Å². The lowest BCUT2D eigenvalue weighted by molar-refractivity contribution is -0.119. The molecule has 35 heavy (non-hydrogen) atoms. The molecule has 0 aliphatic heterocycles. The fourth-order valence-electron chi connectivity index (χ4n) is 3.33. The van der Waals surface area contributed by atoms with E-state index in [1.54, 1.807) is 35.0 Å². The molecule has 176 valence electrons. The van der Waals surface area contributed by atoms with Crippen molar-refractivity contribution in [2.45, 2.75) is 6.54 Å². The van der Waals surface area contributed by atoms with Crippen molar-refractivity contribution in [2.24, 2.45) is 5.73 Å². The number of rotatable bonds is 8. The van der Waals surface area contributed by atoms with Gasteiger partial charge in [-0.1, -0.05) is 60.7 Å². The van der Waals surface area contributed by atoms with E-state index in [0.717, 1.165) is 16.8 Å². The number of nitrogens with zero attached hydrogens (tertiary/aromatic N) is 2. The van der Waals surface area contributed by atoms with Crippen LogP contribution in [0.5, 0.6) is 0 Å². The molecule has 9 nitrogen and oxygen atoms in total. The molecule has 0 saturated heterocycles. The maximum absolute atomic E-state index is 12.6. The van der Waals surface area contributed by atoms with Crippen molar-refractivity contribution in [2.75, 3.05) is 11.9 Å². The van der Waals surface area contributed by atoms with Crippen molar-refractivity contribution >= 4 is 23.7 Å². The smallest absolute Gasteiger partial charge is 0.338 e. The molecule has 0 saturated carbocycles. The first kappa shape index (κ1) is 23.2. The van der Waals surface area contributed by atoms with Crippen molar-refractivity contribution in [3.8, 4) is 16.9 Å². The van der Waals surface area contributed by atoms with Gasteiger partial charge in [0.2, 0.25) is 0 Å². The van der Waals surface area contributed by atoms with Gasteiger partial charge in [-0.3, -0.25) is 4.79 Å². The second-order valence-corrected chi connectivity index (χ2v) is 7.57. The van der Waals surface area contributed by atoms with Crippen LogP contribution in [-0.2, 0) is 16.1 Å². The molecule has 0 aliphatic carbocycles. The molecule has 0 unspecified atom stereocenters. The molecule has 3 amide bonds. The Balaban J connectivity index is 1.42. The molecule has 0 atom stereocenters. The Morgan fingerprint density at radius 3 is 2.20 bits per heavy atom. The van der Waals surface area contributed by atoms with Gasteiger partial charge in [-0.15, -0.1) is 0 Å². The van der Waals surface area contributed by atoms with E-state index in [-0.39, 0.29) is 12.1 Å². The molecule has 0 fully saturated rings. The van der Waals surface area contributed by atoms with Crippen molar-refractivity contribution in [1.29, 1.82) is 0 Å². The number of hydrogen-bond donors (Lipinski definition) is 3. The van der Waals surface area contributed by atoms with Gasteiger partial charge in [0.25, 0.3) is 5.91 Å². The number of hydrogen-bond acceptors (Lipinski definition) is 5. The standard InChI is InChI=1S/C26H23N5O4/c27-26(34)28-16-18-11-13-20(14-12-18)25(33)35-17-24(32)29-23-15-22(19-7-3-1-4-8-19)30-31(23)21-9-5-2-6-10-21/h1-15H,16-17H2,(H,29,32)(H3,27,28,34). The van der Waals surface area contributed by atoms with E-state index in [1.807, 2.05) is 60.7 Å². The number of nitrogens with two attached hydrogens (primary N) is 1. The molecule has 3 aromatic carbocycles. The van der Waals surface area contributed by atoms with E-state index in [2.05, 4.69) is 15.7 Å². The van der Waals surface area contributed by atoms with E-state index in [4.69, 9.17) is 10.5 Å². The Morgan fingerprint density at radius 2 is 1.54 bits per heavy atom. The molecule has 4 rings (SSSR count). The van der Waals surface area contributed by atoms with Crippen molar-refractivity contribution in [3.63, 3.8) is 0 Å². The number of amides is 3. The second-order valence-electron chi connectivity index (χ2n) is 7.57. The van der Waals surface area contributed by atoms with Crippen molar-refractivity contribution in [1.82, 2.24) is 15.1 Å². The first-order chi connectivity index (χ1) is 17.0. The fraction of sp³-hybridized carbons (Fsp3) is 0.0769. The molecule has 0 bridgehead atoms. The molecule has 1 heterocycles. The zero-order chi connectivity index (χ0) is 24.6. The fourth-order valence-corrected chi connectivity index (χ4v) is 3.33. The molecule has 0 aliphatic rings. The second kappa shape index (κ2) is 10.8. The van der Waals surface area contributed by atoms with E-state index in [9.17, 15) is 14.4 Å². The first-order valence-electron chi connectivity index (χ1n) is 10.8. The van der Waals surface area contributed by atoms with Crippen molar-refractivity contribution < 1.29 is 19.1 Å². The number of carbonyl (C=O) groups is 3. The highest BCUT2D eigenvalue weighted by Crippen LogP contribution is 2.24. The predicted octanol–water partition coefficient (Wildman–Crippen LogP) is 3.50. The van der Waals surface area contributed by atoms with Crippen LogP contribution in [0, 0.1) is 0 Å². The van der Waals surface area contributed by atoms with Gasteiger partial charge < -0.3 is 21.1 Å². The van der Waals surface area contributed by atoms with E-state index in [0.29, 0.717) is 11.5 Å². The van der Waals surface area contributed by atoms with Crippen LogP contribution in [0.15, 0.2) is 91.0 Å². The number of primary amides is 1. The number of esters is 1. The third-order valence-electron chi connectivity index (χ3n) is 5.04. The largest absolute Gasteiger partial charge is 0.452 e. The summed E-state index contributed by atoms with van der Waals surface area (Å²) in [6.45, 7) is -0.225. The molecule has 9 heteroatoms. The normalized spacial score (nSPS) is 10.4. The number of nitrogens with one attached hydrogen (secondary N) is 2. The monoisotopic (exact) mass is 469 g/mol. The highest BCUT2D eigenvalue weighted by atomic mass is 16.5. The van der Waals surface area contributed by atoms with Crippen LogP contribution in [0.4, 0.5) is 10.6 Å². The maximum Gasteiger partial charge on any atom is 0.338 e. The summed E-state index contributed by atoms with van der Waals surface area (Å²) in [6.07, 6.45) is 0. The van der Waals surface area contributed by atoms with Crippen molar-refractivity contribution in [3.05, 3.63) is 102 Å². The van der Waals surface area contributed by atoms with Gasteiger partial charge in [-0.05, 0) is 29.8 Å². The first-order valence-corrected chi connectivity index (χ1v) is 10.8. The Hall–Kier alpha value is -4.92. The lowest BCUT2D eigenvalue weighted by atomic mass is 10.1. The number of benzene rings is 3. The summed E-state index contributed by atoms with van der Waals surface area (Å²) in [5, 5.41) is 9.88. The van der Waals surface area contributed by atoms with Gasteiger partial charge in [-0.25, -0.2) is 14.3 Å². The molecule has 0 radical (unpaired) electrons. The molecular formula is C26H23N5O4. The van der Waals surface area contributed by atoms with Gasteiger partial charge in [-0.2, -0.15) is 5.10 Å². The summed E-state index contributed by atoms with van der Waals surface area (Å²) >= 11 is 0. The zero-order valence-corrected chi connectivity index (χ0v) is 18.7. The van der Waals surface area contributed by atoms with E-state index >= 15 is 0 Å². The summed E-state index contributed by atoms with van der Waals surface area (Å²) < 4.78 is 6.79. The summed E-state index contributed by atoms with van der Waals surface area (Å²) in [5.41, 5.74) is 8.45. The summed E-state index contributed by atoms with van der Waals surface area (Å²) in [6, 6.07) is 26.6. The molecular weight excluding hydrogens is 446 g/mol. The minimum Gasteiger partial charge on any atom is -0.452 e. The van der Waals surface area contributed by atoms with Crippen LogP contribution in [0.2, 0.25) is 0 Å². The SMILES string of the molecule is NC(=O)NCc1ccc(C(=O)OCC(=O)Nc2cc(-c3ccccc3)nn2-c2ccccc2)cc1. The Morgan fingerprint density at radius 1 is 0.886 bits per heavy atom. The lowest BCUT2D eigenvalue weighted by Crippen LogP contribution is -2.28. The average molecular weight is 470 g/mol. The number of urea groups is 1. The van der Waals surface area contributed by atoms with Gasteiger partial charge in [0, 0.05) is 18.2 Å². The van der Waals surface area contributed by atoms with Crippen LogP contribution < -0.4 is 16.4 Å². The predicted molar refractivity (Wildman–Crippen MR) is 131 cm³/mol. The Kier molecular flexibility index (Phi) is 7.17. The molecule has 1 aromatic heterocycles. The molecule has 4 N–H and O–H groups in total. The van der Waals surface area contributed by atoms with Gasteiger partial charge in [0.15, 0.2) is 6.61 Å². The van der Waals surface area contributed by atoms with Crippen LogP contribution in [0.1, 0.15) is 15.9 Å².